The fourth-order valence-electron chi connectivity index (χ4n) is 2.35. The minimum atomic E-state index is -0.363. The lowest BCUT2D eigenvalue weighted by Gasteiger charge is -2.27. The molecule has 1 aromatic rings. The predicted molar refractivity (Wildman–Crippen MR) is 68.2 cm³/mol. The highest BCUT2D eigenvalue weighted by Gasteiger charge is 2.22. The molecule has 1 heterocycles. The number of benzene rings is 1. The fourth-order valence-corrected chi connectivity index (χ4v) is 2.35. The quantitative estimate of drug-likeness (QED) is 0.840. The van der Waals surface area contributed by atoms with Crippen LogP contribution in [0.3, 0.4) is 0 Å². The predicted octanol–water partition coefficient (Wildman–Crippen LogP) is 2.12. The van der Waals surface area contributed by atoms with Crippen molar-refractivity contribution in [3.8, 4) is 5.75 Å². The molecule has 0 saturated carbocycles. The Morgan fingerprint density at radius 1 is 1.41 bits per heavy atom. The van der Waals surface area contributed by atoms with Gasteiger partial charge in [-0.3, -0.25) is 0 Å². The maximum Gasteiger partial charge on any atom is 0.119 e. The molecule has 1 saturated heterocycles. The van der Waals surface area contributed by atoms with Crippen molar-refractivity contribution in [3.63, 3.8) is 0 Å². The fraction of sp³-hybridized carbons (Fsp3) is 0.571. The van der Waals surface area contributed by atoms with Gasteiger partial charge in [0.2, 0.25) is 0 Å². The highest BCUT2D eigenvalue weighted by atomic mass is 16.5. The van der Waals surface area contributed by atoms with Gasteiger partial charge >= 0.3 is 0 Å². The molecule has 2 unspecified atom stereocenters. The molecule has 3 nitrogen and oxygen atoms in total. The molecular formula is C14H21NO2. The average molecular weight is 235 g/mol. The third kappa shape index (κ3) is 3.20. The molecule has 1 aromatic carbocycles. The first kappa shape index (κ1) is 12.4. The molecule has 0 spiro atoms. The number of hydrogen-bond donors (Lipinski definition) is 2. The highest BCUT2D eigenvalue weighted by Crippen LogP contribution is 2.28. The molecule has 1 aliphatic rings. The summed E-state index contributed by atoms with van der Waals surface area (Å²) in [5.74, 6) is 1.20. The molecule has 3 heteroatoms. The van der Waals surface area contributed by atoms with E-state index in [1.165, 1.54) is 0 Å². The Balaban J connectivity index is 2.00. The third-order valence-corrected chi connectivity index (χ3v) is 3.31. The van der Waals surface area contributed by atoms with Gasteiger partial charge in [0.25, 0.3) is 0 Å². The van der Waals surface area contributed by atoms with Gasteiger partial charge in [0.05, 0.1) is 12.7 Å². The van der Waals surface area contributed by atoms with Crippen molar-refractivity contribution < 1.29 is 9.84 Å². The van der Waals surface area contributed by atoms with Gasteiger partial charge in [-0.1, -0.05) is 12.1 Å². The van der Waals surface area contributed by atoms with E-state index >= 15 is 0 Å². The van der Waals surface area contributed by atoms with Crippen LogP contribution in [-0.4, -0.2) is 24.8 Å². The summed E-state index contributed by atoms with van der Waals surface area (Å²) in [5, 5.41) is 13.6. The molecule has 94 valence electrons. The van der Waals surface area contributed by atoms with Crippen LogP contribution in [0.15, 0.2) is 24.3 Å². The van der Waals surface area contributed by atoms with Crippen molar-refractivity contribution in [1.29, 1.82) is 0 Å². The summed E-state index contributed by atoms with van der Waals surface area (Å²) >= 11 is 0. The van der Waals surface area contributed by atoms with E-state index in [9.17, 15) is 5.11 Å². The first-order chi connectivity index (χ1) is 8.31. The largest absolute Gasteiger partial charge is 0.494 e. The maximum absolute atomic E-state index is 10.3. The zero-order chi connectivity index (χ0) is 12.1. The van der Waals surface area contributed by atoms with Crippen LogP contribution in [-0.2, 0) is 0 Å². The Bertz CT molecular complexity index is 331. The molecule has 0 amide bonds. The van der Waals surface area contributed by atoms with E-state index in [1.54, 1.807) is 0 Å². The topological polar surface area (TPSA) is 41.5 Å². The zero-order valence-corrected chi connectivity index (χ0v) is 10.4. The Labute approximate surface area is 103 Å². The second-order valence-corrected chi connectivity index (χ2v) is 4.55. The molecule has 2 N–H and O–H groups in total. The van der Waals surface area contributed by atoms with Crippen molar-refractivity contribution in [1.82, 2.24) is 5.32 Å². The van der Waals surface area contributed by atoms with Gasteiger partial charge in [0, 0.05) is 12.5 Å². The van der Waals surface area contributed by atoms with Crippen LogP contribution >= 0.6 is 0 Å². The molecule has 1 fully saturated rings. The number of ether oxygens (including phenoxy) is 1. The molecule has 0 radical (unpaired) electrons. The number of nitrogens with one attached hydrogen (secondary N) is 1. The summed E-state index contributed by atoms with van der Waals surface area (Å²) in [4.78, 5) is 0. The van der Waals surface area contributed by atoms with E-state index in [4.69, 9.17) is 4.74 Å². The monoisotopic (exact) mass is 235 g/mol. The van der Waals surface area contributed by atoms with Crippen LogP contribution in [0.2, 0.25) is 0 Å². The van der Waals surface area contributed by atoms with Crippen molar-refractivity contribution in [2.24, 2.45) is 5.92 Å². The summed E-state index contributed by atoms with van der Waals surface area (Å²) in [6.45, 7) is 4.63. The number of rotatable bonds is 4. The summed E-state index contributed by atoms with van der Waals surface area (Å²) < 4.78 is 5.39. The zero-order valence-electron chi connectivity index (χ0n) is 10.4. The Kier molecular flexibility index (Phi) is 4.40. The lowest BCUT2D eigenvalue weighted by Crippen LogP contribution is -2.33. The molecule has 2 rings (SSSR count). The highest BCUT2D eigenvalue weighted by molar-refractivity contribution is 5.28. The lowest BCUT2D eigenvalue weighted by molar-refractivity contribution is 0.0921. The van der Waals surface area contributed by atoms with Gasteiger partial charge in [-0.25, -0.2) is 0 Å². The van der Waals surface area contributed by atoms with E-state index in [2.05, 4.69) is 5.32 Å². The van der Waals surface area contributed by atoms with Gasteiger partial charge in [-0.05, 0) is 44.0 Å². The molecule has 2 atom stereocenters. The number of aliphatic hydroxyl groups is 1. The Morgan fingerprint density at radius 2 is 2.18 bits per heavy atom. The molecule has 1 aliphatic heterocycles. The third-order valence-electron chi connectivity index (χ3n) is 3.31. The van der Waals surface area contributed by atoms with Crippen LogP contribution < -0.4 is 10.1 Å². The second-order valence-electron chi connectivity index (χ2n) is 4.55. The van der Waals surface area contributed by atoms with E-state index in [0.29, 0.717) is 12.5 Å². The van der Waals surface area contributed by atoms with Crippen LogP contribution in [0, 0.1) is 5.92 Å². The minimum absolute atomic E-state index is 0.335. The van der Waals surface area contributed by atoms with Gasteiger partial charge in [-0.15, -0.1) is 0 Å². The molecule has 0 bridgehead atoms. The van der Waals surface area contributed by atoms with Crippen molar-refractivity contribution in [3.05, 3.63) is 29.8 Å². The summed E-state index contributed by atoms with van der Waals surface area (Å²) in [5.41, 5.74) is 0.988. The Morgan fingerprint density at radius 3 is 2.76 bits per heavy atom. The Hall–Kier alpha value is -1.06. The standard InChI is InChI=1S/C14H21NO2/c1-2-17-13-7-5-11(6-8-13)14(16)12-4-3-9-15-10-12/h5-8,12,14-16H,2-4,9-10H2,1H3. The van der Waals surface area contributed by atoms with Crippen molar-refractivity contribution in [2.45, 2.75) is 25.9 Å². The van der Waals surface area contributed by atoms with Gasteiger partial charge < -0.3 is 15.2 Å². The van der Waals surface area contributed by atoms with Gasteiger partial charge in [0.1, 0.15) is 5.75 Å². The summed E-state index contributed by atoms with van der Waals surface area (Å²) in [7, 11) is 0. The number of hydrogen-bond acceptors (Lipinski definition) is 3. The number of aliphatic hydroxyl groups excluding tert-OH is 1. The molecule has 0 aliphatic carbocycles. The molecule has 17 heavy (non-hydrogen) atoms. The molecule has 0 aromatic heterocycles. The van der Waals surface area contributed by atoms with Crippen molar-refractivity contribution in [2.75, 3.05) is 19.7 Å². The van der Waals surface area contributed by atoms with Gasteiger partial charge in [-0.2, -0.15) is 0 Å². The normalized spacial score (nSPS) is 22.1. The maximum atomic E-state index is 10.3. The second kappa shape index (κ2) is 6.03. The van der Waals surface area contributed by atoms with E-state index in [0.717, 1.165) is 37.2 Å². The van der Waals surface area contributed by atoms with E-state index < -0.39 is 0 Å². The summed E-state index contributed by atoms with van der Waals surface area (Å²) in [6.07, 6.45) is 1.89. The smallest absolute Gasteiger partial charge is 0.119 e. The average Bonchev–Trinajstić information content (AvgIpc) is 2.40. The minimum Gasteiger partial charge on any atom is -0.494 e. The lowest BCUT2D eigenvalue weighted by atomic mass is 9.89. The van der Waals surface area contributed by atoms with Crippen molar-refractivity contribution >= 4 is 0 Å². The van der Waals surface area contributed by atoms with Gasteiger partial charge in [0.15, 0.2) is 0 Å². The van der Waals surface area contributed by atoms with Crippen LogP contribution in [0.1, 0.15) is 31.4 Å². The first-order valence-corrected chi connectivity index (χ1v) is 6.43. The molecular weight excluding hydrogens is 214 g/mol. The van der Waals surface area contributed by atoms with Crippen LogP contribution in [0.25, 0.3) is 0 Å². The van der Waals surface area contributed by atoms with E-state index in [1.807, 2.05) is 31.2 Å². The first-order valence-electron chi connectivity index (χ1n) is 6.43. The van der Waals surface area contributed by atoms with Crippen LogP contribution in [0.5, 0.6) is 5.75 Å². The number of piperidine rings is 1. The summed E-state index contributed by atoms with van der Waals surface area (Å²) in [6, 6.07) is 7.78. The SMILES string of the molecule is CCOc1ccc(C(O)C2CCCNC2)cc1. The van der Waals surface area contributed by atoms with Crippen LogP contribution in [0.4, 0.5) is 0 Å². The van der Waals surface area contributed by atoms with E-state index in [-0.39, 0.29) is 6.10 Å².